The Bertz CT molecular complexity index is 2420. The summed E-state index contributed by atoms with van der Waals surface area (Å²) in [5.41, 5.74) is 2.61. The molecule has 0 N–H and O–H groups in total. The third-order valence-corrected chi connectivity index (χ3v) is 7.96. The van der Waals surface area contributed by atoms with Crippen LogP contribution in [0.25, 0.3) is 65.3 Å². The van der Waals surface area contributed by atoms with E-state index in [4.69, 9.17) is 0 Å². The maximum Gasteiger partial charge on any atom is 0.573 e. The molecular weight excluding hydrogens is 634 g/mol. The van der Waals surface area contributed by atoms with Gasteiger partial charge in [0.2, 0.25) is 12.4 Å². The topological polar surface area (TPSA) is 90.8 Å². The van der Waals surface area contributed by atoms with E-state index in [0.29, 0.717) is 54.5 Å². The van der Waals surface area contributed by atoms with Gasteiger partial charge in [-0.3, -0.25) is 0 Å². The molecule has 0 saturated carbocycles. The number of nitrogens with zero attached hydrogens (tertiary/aromatic N) is 4. The number of alkyl halides is 6. The molecule has 0 amide bonds. The highest BCUT2D eigenvalue weighted by Crippen LogP contribution is 2.36. The molecule has 7 aromatic carbocycles. The summed E-state index contributed by atoms with van der Waals surface area (Å²) in [6.45, 7) is 0. The van der Waals surface area contributed by atoms with Crippen molar-refractivity contribution in [2.45, 2.75) is 12.7 Å². The Hall–Kier alpha value is -6.40. The van der Waals surface area contributed by atoms with Gasteiger partial charge in [-0.05, 0) is 92.3 Å². The molecule has 0 bridgehead atoms. The van der Waals surface area contributed by atoms with Crippen LogP contribution in [0.5, 0.6) is 11.5 Å². The first kappa shape index (κ1) is 30.3. The molecule has 0 radical (unpaired) electrons. The average Bonchev–Trinajstić information content (AvgIpc) is 3.50. The number of fused-ring (bicyclic) bond motifs is 6. The van der Waals surface area contributed by atoms with Crippen LogP contribution in [0.15, 0.2) is 107 Å². The summed E-state index contributed by atoms with van der Waals surface area (Å²) >= 11 is 0. The summed E-state index contributed by atoms with van der Waals surface area (Å²) in [6.07, 6.45) is -5.89. The minimum absolute atomic E-state index is 0.350. The first-order valence-corrected chi connectivity index (χ1v) is 14.1. The van der Waals surface area contributed by atoms with Crippen LogP contribution in [-0.2, 0) is 0 Å². The Morgan fingerprint density at radius 1 is 0.417 bits per heavy atom. The van der Waals surface area contributed by atoms with E-state index in [-0.39, 0.29) is 11.5 Å². The summed E-state index contributed by atoms with van der Waals surface area (Å²) in [5, 5.41) is 25.7. The molecule has 7 aromatic rings. The first-order chi connectivity index (χ1) is 22.9. The highest BCUT2D eigenvalue weighted by atomic mass is 19.4. The molecule has 48 heavy (non-hydrogen) atoms. The Labute approximate surface area is 266 Å². The van der Waals surface area contributed by atoms with Crippen molar-refractivity contribution < 1.29 is 35.8 Å². The van der Waals surface area contributed by atoms with Gasteiger partial charge in [-0.15, -0.1) is 26.3 Å². The van der Waals surface area contributed by atoms with Crippen LogP contribution in [-0.4, -0.2) is 12.7 Å². The molecule has 12 heteroatoms. The lowest BCUT2D eigenvalue weighted by atomic mass is 10.0. The number of hydrogen-bond acceptors (Lipinski definition) is 6. The minimum atomic E-state index is -4.81. The Morgan fingerprint density at radius 3 is 1.08 bits per heavy atom. The number of benzene rings is 5. The average molecular weight is 651 g/mol. The Kier molecular flexibility index (Phi) is 7.02. The van der Waals surface area contributed by atoms with Crippen LogP contribution in [0.3, 0.4) is 0 Å². The van der Waals surface area contributed by atoms with Gasteiger partial charge in [-0.2, -0.15) is 20.5 Å². The van der Waals surface area contributed by atoms with Gasteiger partial charge in [0.1, 0.15) is 11.5 Å². The van der Waals surface area contributed by atoms with Crippen molar-refractivity contribution in [1.82, 2.24) is 0 Å². The molecule has 234 valence electrons. The molecule has 0 aliphatic heterocycles. The van der Waals surface area contributed by atoms with E-state index >= 15 is 0 Å². The van der Waals surface area contributed by atoms with Gasteiger partial charge in [0, 0.05) is 21.5 Å². The number of nitriles is 2. The molecule has 0 spiro atoms. The van der Waals surface area contributed by atoms with Crippen LogP contribution in [0.1, 0.15) is 0 Å². The molecular formula is C36H16F6N4O2. The second-order valence-electron chi connectivity index (χ2n) is 10.7. The van der Waals surface area contributed by atoms with Crippen molar-refractivity contribution in [2.24, 2.45) is 9.98 Å². The fraction of sp³-hybridized carbons (Fsp3) is 0.0556. The first-order valence-electron chi connectivity index (χ1n) is 14.1. The van der Waals surface area contributed by atoms with Gasteiger partial charge in [-0.25, -0.2) is 0 Å². The second kappa shape index (κ2) is 11.1. The normalized spacial score (nSPS) is 13.0. The number of hydrogen-bond donors (Lipinski definition) is 0. The van der Waals surface area contributed by atoms with Crippen LogP contribution in [0, 0.1) is 22.9 Å². The van der Waals surface area contributed by atoms with E-state index in [2.05, 4.69) is 19.5 Å². The smallest absolute Gasteiger partial charge is 0.406 e. The SMILES string of the molecule is N#C/N=c1\c2cc(-c3ccc(OC(F)(F)F)cc3)ccc2c2cc3/c(=N/C#N)c4cc(-c5ccc(OC(F)(F)F)cc5)ccc4c3cc12. The largest absolute Gasteiger partial charge is 0.573 e. The van der Waals surface area contributed by atoms with Crippen LogP contribution in [0.2, 0.25) is 0 Å². The zero-order valence-electron chi connectivity index (χ0n) is 24.1. The van der Waals surface area contributed by atoms with Crippen molar-refractivity contribution in [3.63, 3.8) is 0 Å². The minimum Gasteiger partial charge on any atom is -0.406 e. The zero-order valence-corrected chi connectivity index (χ0v) is 24.1. The van der Waals surface area contributed by atoms with Crippen molar-refractivity contribution in [1.29, 1.82) is 10.5 Å². The third kappa shape index (κ3) is 5.50. The molecule has 0 atom stereocenters. The fourth-order valence-corrected chi connectivity index (χ4v) is 6.08. The van der Waals surface area contributed by atoms with Gasteiger partial charge >= 0.3 is 12.7 Å². The van der Waals surface area contributed by atoms with Crippen molar-refractivity contribution >= 4 is 43.1 Å². The second-order valence-corrected chi connectivity index (χ2v) is 10.7. The third-order valence-electron chi connectivity index (χ3n) is 7.96. The van der Waals surface area contributed by atoms with Gasteiger partial charge in [0.15, 0.2) is 0 Å². The van der Waals surface area contributed by atoms with Crippen LogP contribution >= 0.6 is 0 Å². The van der Waals surface area contributed by atoms with Crippen molar-refractivity contribution in [3.8, 4) is 46.1 Å². The molecule has 0 saturated heterocycles. The highest BCUT2D eigenvalue weighted by molar-refractivity contribution is 6.21. The standard InChI is InChI=1S/C36H16F6N4O2/c37-35(38,39)47-23-7-1-19(2-8-23)21-5-11-25-27-15-32-28(16-31(27)33(45-17-43)29(25)13-21)26-12-6-22(14-30(26)34(32)46-18-44)20-3-9-24(10-4-20)48-36(40,41)42/h1-16H/b45-33+,46-34+. The van der Waals surface area contributed by atoms with E-state index in [9.17, 15) is 36.9 Å². The molecule has 0 aliphatic rings. The lowest BCUT2D eigenvalue weighted by Gasteiger charge is -2.09. The lowest BCUT2D eigenvalue weighted by molar-refractivity contribution is -0.275. The maximum atomic E-state index is 12.6. The summed E-state index contributed by atoms with van der Waals surface area (Å²) in [5.74, 6) is -0.700. The molecule has 7 rings (SSSR count). The quantitative estimate of drug-likeness (QED) is 0.140. The summed E-state index contributed by atoms with van der Waals surface area (Å²) in [6, 6.07) is 25.5. The van der Waals surface area contributed by atoms with Gasteiger partial charge in [-0.1, -0.05) is 48.5 Å². The summed E-state index contributed by atoms with van der Waals surface area (Å²) < 4.78 is 83.7. The Morgan fingerprint density at radius 2 is 0.750 bits per heavy atom. The van der Waals surface area contributed by atoms with E-state index < -0.39 is 12.7 Å². The fourth-order valence-electron chi connectivity index (χ4n) is 6.08. The van der Waals surface area contributed by atoms with Gasteiger partial charge in [0.05, 0.1) is 10.7 Å². The van der Waals surface area contributed by atoms with Gasteiger partial charge < -0.3 is 9.47 Å². The van der Waals surface area contributed by atoms with Crippen LogP contribution in [0.4, 0.5) is 26.3 Å². The van der Waals surface area contributed by atoms with E-state index in [1.807, 2.05) is 48.8 Å². The maximum absolute atomic E-state index is 12.6. The predicted octanol–water partition coefficient (Wildman–Crippen LogP) is 9.07. The van der Waals surface area contributed by atoms with E-state index in [1.165, 1.54) is 48.5 Å². The van der Waals surface area contributed by atoms with E-state index in [0.717, 1.165) is 21.5 Å². The van der Waals surface area contributed by atoms with Crippen molar-refractivity contribution in [2.75, 3.05) is 0 Å². The molecule has 6 nitrogen and oxygen atoms in total. The lowest BCUT2D eigenvalue weighted by Crippen LogP contribution is -2.16. The van der Waals surface area contributed by atoms with Gasteiger partial charge in [0.25, 0.3) is 0 Å². The zero-order chi connectivity index (χ0) is 33.8. The molecule has 0 aromatic heterocycles. The Balaban J connectivity index is 1.38. The molecule has 0 fully saturated rings. The molecule has 0 aliphatic carbocycles. The number of ether oxygens (including phenoxy) is 2. The molecule has 0 heterocycles. The molecule has 0 unspecified atom stereocenters. The predicted molar refractivity (Wildman–Crippen MR) is 165 cm³/mol. The van der Waals surface area contributed by atoms with E-state index in [1.54, 1.807) is 12.1 Å². The monoisotopic (exact) mass is 650 g/mol. The van der Waals surface area contributed by atoms with Crippen molar-refractivity contribution in [3.05, 3.63) is 108 Å². The number of halogens is 6. The summed E-state index contributed by atoms with van der Waals surface area (Å²) in [7, 11) is 0. The summed E-state index contributed by atoms with van der Waals surface area (Å²) in [4.78, 5) is 8.26. The van der Waals surface area contributed by atoms with Crippen LogP contribution < -0.4 is 20.2 Å². The number of rotatable bonds is 4. The highest BCUT2D eigenvalue weighted by Gasteiger charge is 2.31.